The van der Waals surface area contributed by atoms with E-state index in [1.165, 1.54) is 0 Å². The highest BCUT2D eigenvalue weighted by molar-refractivity contribution is 7.79. The van der Waals surface area contributed by atoms with Gasteiger partial charge in [-0.3, -0.25) is 13.9 Å². The molecule has 0 amide bonds. The number of rotatable bonds is 0. The molecule has 0 fully saturated rings. The van der Waals surface area contributed by atoms with Gasteiger partial charge in [0, 0.05) is 19.3 Å². The molecule has 1 aromatic rings. The number of carbonyl (C=O) groups is 1. The Hall–Kier alpha value is -1.45. The minimum Gasteiger partial charge on any atom is -0.481 e. The third-order valence-corrected chi connectivity index (χ3v) is 0.635. The molecule has 0 aliphatic rings. The number of nitrogens with one attached hydrogen (secondary N) is 1. The monoisotopic (exact) mass is 240 g/mol. The standard InChI is InChI=1S/C4H6N2.C2H4O2.H2O4S/c1-4-5-2-3-6-4;1-2(3)4;1-5(2,3)4/h2-3H,1H3,(H,5,6);1H3,(H,3,4);(H2,1,2,3,4). The topological polar surface area (TPSA) is 141 Å². The lowest BCUT2D eigenvalue weighted by Crippen LogP contribution is -1.89. The molecule has 0 aliphatic carbocycles. The molecular weight excluding hydrogens is 228 g/mol. The third-order valence-electron chi connectivity index (χ3n) is 0.635. The van der Waals surface area contributed by atoms with Gasteiger partial charge in [-0.25, -0.2) is 4.98 Å². The lowest BCUT2D eigenvalue weighted by Gasteiger charge is -1.68. The highest BCUT2D eigenvalue weighted by atomic mass is 32.3. The molecular formula is C6H12N2O6S. The van der Waals surface area contributed by atoms with Crippen molar-refractivity contribution in [2.45, 2.75) is 13.8 Å². The number of hydrogen-bond acceptors (Lipinski definition) is 4. The first kappa shape index (κ1) is 16.0. The number of carboxylic acids is 1. The molecule has 88 valence electrons. The Balaban J connectivity index is 0. The molecule has 0 atom stereocenters. The van der Waals surface area contributed by atoms with Crippen LogP contribution in [0.1, 0.15) is 12.7 Å². The van der Waals surface area contributed by atoms with Crippen molar-refractivity contribution < 1.29 is 27.4 Å². The molecule has 4 N–H and O–H groups in total. The number of hydrogen-bond donors (Lipinski definition) is 4. The van der Waals surface area contributed by atoms with Crippen molar-refractivity contribution in [1.82, 2.24) is 9.97 Å². The van der Waals surface area contributed by atoms with Gasteiger partial charge >= 0.3 is 10.4 Å². The van der Waals surface area contributed by atoms with Gasteiger partial charge in [0.05, 0.1) is 0 Å². The highest BCUT2D eigenvalue weighted by Gasteiger charge is 1.84. The number of aromatic nitrogens is 2. The lowest BCUT2D eigenvalue weighted by atomic mass is 10.8. The van der Waals surface area contributed by atoms with E-state index in [1.807, 2.05) is 6.92 Å². The molecule has 1 heterocycles. The summed E-state index contributed by atoms with van der Waals surface area (Å²) in [5.74, 6) is 0.134. The second-order valence-corrected chi connectivity index (χ2v) is 3.04. The molecule has 0 bridgehead atoms. The van der Waals surface area contributed by atoms with Crippen LogP contribution in [0.15, 0.2) is 12.4 Å². The largest absolute Gasteiger partial charge is 0.481 e. The number of imidazole rings is 1. The molecule has 0 saturated heterocycles. The predicted molar refractivity (Wildman–Crippen MR) is 50.8 cm³/mol. The van der Waals surface area contributed by atoms with Crippen LogP contribution in [0, 0.1) is 6.92 Å². The molecule has 1 aromatic heterocycles. The van der Waals surface area contributed by atoms with Gasteiger partial charge in [0.15, 0.2) is 0 Å². The van der Waals surface area contributed by atoms with E-state index in [4.69, 9.17) is 27.4 Å². The molecule has 1 rings (SSSR count). The first-order valence-corrected chi connectivity index (χ1v) is 4.88. The molecule has 0 aliphatic heterocycles. The van der Waals surface area contributed by atoms with Gasteiger partial charge in [0.1, 0.15) is 5.82 Å². The zero-order valence-corrected chi connectivity index (χ0v) is 8.89. The van der Waals surface area contributed by atoms with E-state index in [1.54, 1.807) is 12.4 Å². The third kappa shape index (κ3) is 45.3. The second-order valence-electron chi connectivity index (χ2n) is 2.14. The first-order chi connectivity index (χ1) is 6.63. The average molecular weight is 240 g/mol. The fraction of sp³-hybridized carbons (Fsp3) is 0.333. The van der Waals surface area contributed by atoms with Gasteiger partial charge in [-0.1, -0.05) is 0 Å². The molecule has 9 heteroatoms. The van der Waals surface area contributed by atoms with Crippen LogP contribution in [-0.4, -0.2) is 38.6 Å². The second kappa shape index (κ2) is 7.91. The smallest absolute Gasteiger partial charge is 0.394 e. The summed E-state index contributed by atoms with van der Waals surface area (Å²) >= 11 is 0. The zero-order chi connectivity index (χ0) is 12.5. The zero-order valence-electron chi connectivity index (χ0n) is 8.08. The Morgan fingerprint density at radius 2 is 1.80 bits per heavy atom. The number of nitrogens with zero attached hydrogens (tertiary/aromatic N) is 1. The summed E-state index contributed by atoms with van der Waals surface area (Å²) in [6.45, 7) is 3.00. The van der Waals surface area contributed by atoms with Crippen LogP contribution in [0.2, 0.25) is 0 Å². The minimum atomic E-state index is -4.67. The van der Waals surface area contributed by atoms with Crippen LogP contribution in [0.25, 0.3) is 0 Å². The van der Waals surface area contributed by atoms with E-state index >= 15 is 0 Å². The van der Waals surface area contributed by atoms with E-state index in [-0.39, 0.29) is 0 Å². The molecule has 15 heavy (non-hydrogen) atoms. The highest BCUT2D eigenvalue weighted by Crippen LogP contribution is 1.78. The molecule has 0 unspecified atom stereocenters. The van der Waals surface area contributed by atoms with Crippen molar-refractivity contribution >= 4 is 16.4 Å². The number of aromatic amines is 1. The van der Waals surface area contributed by atoms with Crippen LogP contribution in [0.4, 0.5) is 0 Å². The quantitative estimate of drug-likeness (QED) is 0.473. The van der Waals surface area contributed by atoms with E-state index in [9.17, 15) is 0 Å². The number of H-pyrrole nitrogens is 1. The number of aryl methyl sites for hydroxylation is 1. The van der Waals surface area contributed by atoms with Crippen LogP contribution < -0.4 is 0 Å². The summed E-state index contributed by atoms with van der Waals surface area (Å²) in [7, 11) is -4.67. The van der Waals surface area contributed by atoms with Crippen molar-refractivity contribution in [3.8, 4) is 0 Å². The Kier molecular flexibility index (Phi) is 8.43. The Bertz CT molecular complexity index is 345. The lowest BCUT2D eigenvalue weighted by molar-refractivity contribution is -0.134. The van der Waals surface area contributed by atoms with Gasteiger partial charge in [-0.2, -0.15) is 8.42 Å². The Morgan fingerprint density at radius 1 is 1.47 bits per heavy atom. The summed E-state index contributed by atoms with van der Waals surface area (Å²) in [6.07, 6.45) is 3.53. The summed E-state index contributed by atoms with van der Waals surface area (Å²) in [5.41, 5.74) is 0. The van der Waals surface area contributed by atoms with Gasteiger partial charge < -0.3 is 10.1 Å². The molecule has 0 spiro atoms. The Morgan fingerprint density at radius 3 is 1.87 bits per heavy atom. The van der Waals surface area contributed by atoms with Crippen LogP contribution in [0.5, 0.6) is 0 Å². The van der Waals surface area contributed by atoms with Crippen LogP contribution in [-0.2, 0) is 15.2 Å². The summed E-state index contributed by atoms with van der Waals surface area (Å²) in [4.78, 5) is 15.8. The molecule has 0 saturated carbocycles. The average Bonchev–Trinajstić information content (AvgIpc) is 2.33. The van der Waals surface area contributed by atoms with E-state index in [0.29, 0.717) is 0 Å². The molecule has 0 radical (unpaired) electrons. The van der Waals surface area contributed by atoms with Crippen molar-refractivity contribution in [1.29, 1.82) is 0 Å². The number of carboxylic acid groups (broad SMARTS) is 1. The van der Waals surface area contributed by atoms with E-state index in [0.717, 1.165) is 12.7 Å². The Labute approximate surface area is 86.6 Å². The van der Waals surface area contributed by atoms with E-state index < -0.39 is 16.4 Å². The van der Waals surface area contributed by atoms with Crippen molar-refractivity contribution in [3.63, 3.8) is 0 Å². The fourth-order valence-electron chi connectivity index (χ4n) is 0.344. The van der Waals surface area contributed by atoms with Crippen molar-refractivity contribution in [3.05, 3.63) is 18.2 Å². The maximum Gasteiger partial charge on any atom is 0.394 e. The van der Waals surface area contributed by atoms with Gasteiger partial charge in [0.2, 0.25) is 0 Å². The number of aliphatic carboxylic acids is 1. The first-order valence-electron chi connectivity index (χ1n) is 3.48. The minimum absolute atomic E-state index is 0.833. The normalized spacial score (nSPS) is 9.07. The predicted octanol–water partition coefficient (Wildman–Crippen LogP) is 0.156. The van der Waals surface area contributed by atoms with Crippen LogP contribution >= 0.6 is 0 Å². The SMILES string of the molecule is CC(=O)O.Cc1ncc[nH]1.O=S(=O)(O)O. The molecule has 0 aromatic carbocycles. The maximum atomic E-state index is 9.00. The maximum absolute atomic E-state index is 9.00. The van der Waals surface area contributed by atoms with E-state index in [2.05, 4.69) is 9.97 Å². The van der Waals surface area contributed by atoms with Crippen molar-refractivity contribution in [2.75, 3.05) is 0 Å². The van der Waals surface area contributed by atoms with Crippen molar-refractivity contribution in [2.24, 2.45) is 0 Å². The molecule has 8 nitrogen and oxygen atoms in total. The van der Waals surface area contributed by atoms with Gasteiger partial charge in [-0.15, -0.1) is 0 Å². The van der Waals surface area contributed by atoms with Gasteiger partial charge in [-0.05, 0) is 6.92 Å². The van der Waals surface area contributed by atoms with Gasteiger partial charge in [0.25, 0.3) is 5.97 Å². The van der Waals surface area contributed by atoms with Crippen LogP contribution in [0.3, 0.4) is 0 Å². The fourth-order valence-corrected chi connectivity index (χ4v) is 0.344. The summed E-state index contributed by atoms with van der Waals surface area (Å²) in [5, 5.41) is 7.42. The summed E-state index contributed by atoms with van der Waals surface area (Å²) in [6, 6.07) is 0. The summed E-state index contributed by atoms with van der Waals surface area (Å²) < 4.78 is 31.6.